The van der Waals surface area contributed by atoms with Gasteiger partial charge in [-0.05, 0) is 23.8 Å². The first-order chi connectivity index (χ1) is 12.6. The molecule has 6 heteroatoms. The Bertz CT molecular complexity index is 733. The van der Waals surface area contributed by atoms with Crippen molar-refractivity contribution in [2.24, 2.45) is 0 Å². The number of amides is 1. The minimum atomic E-state index is -0.445. The fourth-order valence-electron chi connectivity index (χ4n) is 3.11. The van der Waals surface area contributed by atoms with E-state index in [-0.39, 0.29) is 10.9 Å². The minimum Gasteiger partial charge on any atom is -0.351 e. The Labute approximate surface area is 158 Å². The van der Waals surface area contributed by atoms with Gasteiger partial charge in [-0.3, -0.25) is 14.6 Å². The minimum absolute atomic E-state index is 0.136. The zero-order chi connectivity index (χ0) is 18.4. The van der Waals surface area contributed by atoms with E-state index in [4.69, 9.17) is 11.6 Å². The summed E-state index contributed by atoms with van der Waals surface area (Å²) in [6, 6.07) is 14.3. The molecule has 1 aliphatic rings. The highest BCUT2D eigenvalue weighted by Gasteiger charge is 2.17. The normalized spacial score (nSPS) is 15.8. The van der Waals surface area contributed by atoms with Crippen molar-refractivity contribution in [2.75, 3.05) is 39.3 Å². The van der Waals surface area contributed by atoms with Crippen LogP contribution in [0.4, 0.5) is 4.39 Å². The molecule has 0 aliphatic carbocycles. The van der Waals surface area contributed by atoms with Crippen molar-refractivity contribution in [3.8, 4) is 0 Å². The van der Waals surface area contributed by atoms with Gasteiger partial charge in [-0.25, -0.2) is 4.39 Å². The van der Waals surface area contributed by atoms with Gasteiger partial charge in [-0.2, -0.15) is 0 Å². The number of rotatable bonds is 6. The second-order valence-corrected chi connectivity index (χ2v) is 6.89. The summed E-state index contributed by atoms with van der Waals surface area (Å²) in [7, 11) is 0. The smallest absolute Gasteiger partial charge is 0.252 e. The van der Waals surface area contributed by atoms with Gasteiger partial charge in [0.1, 0.15) is 5.82 Å². The molecule has 26 heavy (non-hydrogen) atoms. The Kier molecular flexibility index (Phi) is 6.61. The van der Waals surface area contributed by atoms with Crippen molar-refractivity contribution in [3.63, 3.8) is 0 Å². The molecular weight excluding hydrogens is 353 g/mol. The molecule has 1 heterocycles. The first-order valence-electron chi connectivity index (χ1n) is 8.84. The lowest BCUT2D eigenvalue weighted by Crippen LogP contribution is -2.48. The number of carbonyl (C=O) groups excluding carboxylic acids is 1. The van der Waals surface area contributed by atoms with E-state index < -0.39 is 5.82 Å². The number of carbonyl (C=O) groups is 1. The number of piperazine rings is 1. The molecule has 2 aromatic rings. The van der Waals surface area contributed by atoms with Crippen LogP contribution in [0.2, 0.25) is 5.02 Å². The lowest BCUT2D eigenvalue weighted by Gasteiger charge is -2.34. The van der Waals surface area contributed by atoms with Crippen LogP contribution < -0.4 is 5.32 Å². The Morgan fingerprint density at radius 1 is 1.04 bits per heavy atom. The molecule has 0 aromatic heterocycles. The fourth-order valence-corrected chi connectivity index (χ4v) is 3.36. The molecule has 0 atom stereocenters. The molecule has 1 N–H and O–H groups in total. The van der Waals surface area contributed by atoms with Crippen molar-refractivity contribution in [1.82, 2.24) is 15.1 Å². The Morgan fingerprint density at radius 3 is 2.42 bits per heavy atom. The summed E-state index contributed by atoms with van der Waals surface area (Å²) < 4.78 is 13.0. The maximum absolute atomic E-state index is 13.0. The van der Waals surface area contributed by atoms with Gasteiger partial charge in [0.05, 0.1) is 10.6 Å². The predicted octanol–water partition coefficient (Wildman–Crippen LogP) is 3.03. The average Bonchev–Trinajstić information content (AvgIpc) is 2.64. The van der Waals surface area contributed by atoms with E-state index in [2.05, 4.69) is 39.4 Å². The zero-order valence-electron chi connectivity index (χ0n) is 14.6. The third kappa shape index (κ3) is 5.27. The molecule has 0 spiro atoms. The summed E-state index contributed by atoms with van der Waals surface area (Å²) in [4.78, 5) is 16.9. The average molecular weight is 376 g/mol. The Balaban J connectivity index is 1.38. The van der Waals surface area contributed by atoms with Crippen molar-refractivity contribution < 1.29 is 9.18 Å². The number of halogens is 2. The van der Waals surface area contributed by atoms with Crippen LogP contribution >= 0.6 is 11.6 Å². The van der Waals surface area contributed by atoms with Gasteiger partial charge in [0, 0.05) is 45.8 Å². The van der Waals surface area contributed by atoms with E-state index in [0.717, 1.165) is 45.3 Å². The molecule has 0 bridgehead atoms. The van der Waals surface area contributed by atoms with Crippen LogP contribution in [0.25, 0.3) is 0 Å². The molecule has 0 radical (unpaired) electrons. The second-order valence-electron chi connectivity index (χ2n) is 6.48. The van der Waals surface area contributed by atoms with Gasteiger partial charge < -0.3 is 5.32 Å². The second kappa shape index (κ2) is 9.12. The van der Waals surface area contributed by atoms with Gasteiger partial charge in [-0.15, -0.1) is 0 Å². The molecule has 0 unspecified atom stereocenters. The molecule has 138 valence electrons. The van der Waals surface area contributed by atoms with Gasteiger partial charge in [0.25, 0.3) is 5.91 Å². The lowest BCUT2D eigenvalue weighted by atomic mass is 10.2. The van der Waals surface area contributed by atoms with Crippen LogP contribution in [-0.4, -0.2) is 55.0 Å². The number of hydrogen-bond donors (Lipinski definition) is 1. The van der Waals surface area contributed by atoms with E-state index in [1.54, 1.807) is 0 Å². The first kappa shape index (κ1) is 18.8. The Morgan fingerprint density at radius 2 is 1.73 bits per heavy atom. The van der Waals surface area contributed by atoms with Crippen LogP contribution in [0.3, 0.4) is 0 Å². The highest BCUT2D eigenvalue weighted by molar-refractivity contribution is 6.33. The van der Waals surface area contributed by atoms with Crippen molar-refractivity contribution >= 4 is 17.5 Å². The van der Waals surface area contributed by atoms with Crippen LogP contribution in [0, 0.1) is 5.82 Å². The summed E-state index contributed by atoms with van der Waals surface area (Å²) in [5.41, 5.74) is 1.64. The molecule has 4 nitrogen and oxygen atoms in total. The standard InChI is InChI=1S/C20H23ClFN3O/c21-19-14-17(22)6-7-18(19)20(26)23-8-9-24-10-12-25(13-11-24)15-16-4-2-1-3-5-16/h1-7,14H,8-13,15H2,(H,23,26). The van der Waals surface area contributed by atoms with E-state index in [1.165, 1.54) is 17.7 Å². The highest BCUT2D eigenvalue weighted by Crippen LogP contribution is 2.17. The summed E-state index contributed by atoms with van der Waals surface area (Å²) in [6.45, 7) is 6.34. The van der Waals surface area contributed by atoms with E-state index in [9.17, 15) is 9.18 Å². The first-order valence-corrected chi connectivity index (χ1v) is 9.21. The fraction of sp³-hybridized carbons (Fsp3) is 0.350. The molecule has 2 aromatic carbocycles. The zero-order valence-corrected chi connectivity index (χ0v) is 15.4. The third-order valence-corrected chi connectivity index (χ3v) is 4.92. The van der Waals surface area contributed by atoms with E-state index in [1.807, 2.05) is 6.07 Å². The molecule has 0 saturated carbocycles. The number of nitrogens with zero attached hydrogens (tertiary/aromatic N) is 2. The van der Waals surface area contributed by atoms with Crippen LogP contribution in [0.1, 0.15) is 15.9 Å². The van der Waals surface area contributed by atoms with Crippen LogP contribution in [-0.2, 0) is 6.54 Å². The van der Waals surface area contributed by atoms with Crippen molar-refractivity contribution in [1.29, 1.82) is 0 Å². The number of hydrogen-bond acceptors (Lipinski definition) is 3. The molecule has 1 fully saturated rings. The third-order valence-electron chi connectivity index (χ3n) is 4.60. The summed E-state index contributed by atoms with van der Waals surface area (Å²) in [5, 5.41) is 2.99. The van der Waals surface area contributed by atoms with Crippen molar-refractivity contribution in [3.05, 3.63) is 70.5 Å². The predicted molar refractivity (Wildman–Crippen MR) is 102 cm³/mol. The van der Waals surface area contributed by atoms with Gasteiger partial charge in [0.2, 0.25) is 0 Å². The van der Waals surface area contributed by atoms with E-state index >= 15 is 0 Å². The molecule has 3 rings (SSSR count). The van der Waals surface area contributed by atoms with Crippen LogP contribution in [0.15, 0.2) is 48.5 Å². The summed E-state index contributed by atoms with van der Waals surface area (Å²) >= 11 is 5.92. The monoisotopic (exact) mass is 375 g/mol. The SMILES string of the molecule is O=C(NCCN1CCN(Cc2ccccc2)CC1)c1ccc(F)cc1Cl. The number of benzene rings is 2. The topological polar surface area (TPSA) is 35.6 Å². The van der Waals surface area contributed by atoms with Gasteiger partial charge in [-0.1, -0.05) is 41.9 Å². The quantitative estimate of drug-likeness (QED) is 0.843. The molecular formula is C20H23ClFN3O. The molecule has 1 aliphatic heterocycles. The van der Waals surface area contributed by atoms with Crippen molar-refractivity contribution in [2.45, 2.75) is 6.54 Å². The largest absolute Gasteiger partial charge is 0.351 e. The number of nitrogens with one attached hydrogen (secondary N) is 1. The Hall–Kier alpha value is -1.95. The van der Waals surface area contributed by atoms with E-state index in [0.29, 0.717) is 12.1 Å². The molecule has 1 saturated heterocycles. The van der Waals surface area contributed by atoms with Gasteiger partial charge in [0.15, 0.2) is 0 Å². The summed E-state index contributed by atoms with van der Waals surface area (Å²) in [5.74, 6) is -0.711. The van der Waals surface area contributed by atoms with Crippen LogP contribution in [0.5, 0.6) is 0 Å². The summed E-state index contributed by atoms with van der Waals surface area (Å²) in [6.07, 6.45) is 0. The maximum Gasteiger partial charge on any atom is 0.252 e. The molecule has 1 amide bonds. The lowest BCUT2D eigenvalue weighted by molar-refractivity contribution is 0.0934. The maximum atomic E-state index is 13.0. The van der Waals surface area contributed by atoms with Gasteiger partial charge >= 0.3 is 0 Å². The highest BCUT2D eigenvalue weighted by atomic mass is 35.5.